The minimum Gasteiger partial charge on any atom is -0.304 e. The van der Waals surface area contributed by atoms with Gasteiger partial charge in [0.1, 0.15) is 5.15 Å². The highest BCUT2D eigenvalue weighted by Gasteiger charge is 2.34. The number of nitrogens with zero attached hydrogens (tertiary/aromatic N) is 3. The van der Waals surface area contributed by atoms with Crippen molar-refractivity contribution in [2.45, 2.75) is 13.1 Å². The Balaban J connectivity index is 2.51. The van der Waals surface area contributed by atoms with Crippen LogP contribution in [0.5, 0.6) is 0 Å². The Kier molecular flexibility index (Phi) is 2.82. The fourth-order valence-electron chi connectivity index (χ4n) is 1.34. The number of alkyl halides is 3. The van der Waals surface area contributed by atoms with E-state index in [4.69, 9.17) is 11.6 Å². The maximum absolute atomic E-state index is 12.6. The Bertz CT molecular complexity index is 548. The third-order valence-corrected chi connectivity index (χ3v) is 2.44. The van der Waals surface area contributed by atoms with E-state index in [0.717, 1.165) is 6.07 Å². The number of imidazole rings is 1. The van der Waals surface area contributed by atoms with Gasteiger partial charge >= 0.3 is 6.18 Å². The second kappa shape index (κ2) is 4.03. The lowest BCUT2D eigenvalue weighted by Gasteiger charge is -2.10. The van der Waals surface area contributed by atoms with Crippen LogP contribution in [-0.4, -0.2) is 14.5 Å². The summed E-state index contributed by atoms with van der Waals surface area (Å²) < 4.78 is 39.3. The van der Waals surface area contributed by atoms with E-state index in [1.165, 1.54) is 17.1 Å². The van der Waals surface area contributed by atoms with Crippen LogP contribution >= 0.6 is 11.6 Å². The van der Waals surface area contributed by atoms with E-state index in [2.05, 4.69) is 9.97 Å². The van der Waals surface area contributed by atoms with Crippen LogP contribution in [0.3, 0.4) is 0 Å². The third-order valence-electron chi connectivity index (χ3n) is 2.14. The van der Waals surface area contributed by atoms with Crippen molar-refractivity contribution in [2.24, 2.45) is 0 Å². The summed E-state index contributed by atoms with van der Waals surface area (Å²) in [6.07, 6.45) is -0.236. The van der Waals surface area contributed by atoms with Gasteiger partial charge in [-0.15, -0.1) is 0 Å². The van der Waals surface area contributed by atoms with Gasteiger partial charge in [-0.2, -0.15) is 13.2 Å². The summed E-state index contributed by atoms with van der Waals surface area (Å²) in [4.78, 5) is 7.46. The molecule has 0 aliphatic heterocycles. The van der Waals surface area contributed by atoms with Crippen molar-refractivity contribution >= 4 is 11.6 Å². The van der Waals surface area contributed by atoms with Crippen LogP contribution in [0.1, 0.15) is 11.3 Å². The van der Waals surface area contributed by atoms with E-state index in [1.807, 2.05) is 0 Å². The van der Waals surface area contributed by atoms with Crippen LogP contribution in [0.2, 0.25) is 5.15 Å². The second-order valence-corrected chi connectivity index (χ2v) is 3.81. The molecular weight excluding hydrogens is 255 g/mol. The predicted octanol–water partition coefficient (Wildman–Crippen LogP) is 3.25. The van der Waals surface area contributed by atoms with Gasteiger partial charge in [0, 0.05) is 6.20 Å². The van der Waals surface area contributed by atoms with E-state index in [9.17, 15) is 13.2 Å². The van der Waals surface area contributed by atoms with Crippen molar-refractivity contribution in [3.05, 3.63) is 41.2 Å². The summed E-state index contributed by atoms with van der Waals surface area (Å²) in [6, 6.07) is 0.941. The molecule has 3 nitrogen and oxygen atoms in total. The fraction of sp³-hybridized carbons (Fsp3) is 0.200. The van der Waals surface area contributed by atoms with Crippen LogP contribution in [0, 0.1) is 6.92 Å². The summed E-state index contributed by atoms with van der Waals surface area (Å²) >= 11 is 5.42. The van der Waals surface area contributed by atoms with Crippen molar-refractivity contribution in [3.8, 4) is 5.69 Å². The second-order valence-electron chi connectivity index (χ2n) is 3.45. The van der Waals surface area contributed by atoms with Crippen molar-refractivity contribution < 1.29 is 13.2 Å². The number of rotatable bonds is 1. The lowest BCUT2D eigenvalue weighted by atomic mass is 10.2. The standard InChI is InChI=1S/C10H7ClF3N3/c1-6-4-17(5-16-6)7-2-8(10(12,13)14)9(11)15-3-7/h2-5H,1H3. The molecule has 90 valence electrons. The monoisotopic (exact) mass is 261 g/mol. The van der Waals surface area contributed by atoms with Gasteiger partial charge < -0.3 is 4.57 Å². The average molecular weight is 262 g/mol. The lowest BCUT2D eigenvalue weighted by Crippen LogP contribution is -2.08. The van der Waals surface area contributed by atoms with Gasteiger partial charge in [0.15, 0.2) is 0 Å². The number of hydrogen-bond acceptors (Lipinski definition) is 2. The first-order valence-corrected chi connectivity index (χ1v) is 4.99. The van der Waals surface area contributed by atoms with E-state index >= 15 is 0 Å². The Morgan fingerprint density at radius 3 is 2.53 bits per heavy atom. The predicted molar refractivity (Wildman–Crippen MR) is 56.1 cm³/mol. The molecule has 2 heterocycles. The topological polar surface area (TPSA) is 30.7 Å². The number of hydrogen-bond donors (Lipinski definition) is 0. The molecule has 0 saturated heterocycles. The van der Waals surface area contributed by atoms with E-state index in [-0.39, 0.29) is 5.69 Å². The molecule has 0 N–H and O–H groups in total. The number of pyridine rings is 1. The lowest BCUT2D eigenvalue weighted by molar-refractivity contribution is -0.137. The van der Waals surface area contributed by atoms with Gasteiger partial charge in [0.25, 0.3) is 0 Å². The van der Waals surface area contributed by atoms with E-state index in [0.29, 0.717) is 5.69 Å². The average Bonchev–Trinajstić information content (AvgIpc) is 2.64. The van der Waals surface area contributed by atoms with Crippen molar-refractivity contribution in [3.63, 3.8) is 0 Å². The first-order chi connectivity index (χ1) is 7.88. The highest BCUT2D eigenvalue weighted by Crippen LogP contribution is 2.34. The van der Waals surface area contributed by atoms with E-state index in [1.54, 1.807) is 13.1 Å². The molecule has 0 amide bonds. The largest absolute Gasteiger partial charge is 0.419 e. The van der Waals surface area contributed by atoms with Crippen LogP contribution in [0.15, 0.2) is 24.8 Å². The number of aromatic nitrogens is 3. The Hall–Kier alpha value is -1.56. The van der Waals surface area contributed by atoms with Crippen LogP contribution in [0.25, 0.3) is 5.69 Å². The van der Waals surface area contributed by atoms with E-state index < -0.39 is 16.9 Å². The normalized spacial score (nSPS) is 11.8. The molecule has 17 heavy (non-hydrogen) atoms. The number of aryl methyl sites for hydroxylation is 1. The zero-order valence-electron chi connectivity index (χ0n) is 8.66. The molecule has 0 unspecified atom stereocenters. The quantitative estimate of drug-likeness (QED) is 0.738. The van der Waals surface area contributed by atoms with Crippen LogP contribution < -0.4 is 0 Å². The molecule has 2 aromatic rings. The minimum atomic E-state index is -4.52. The Morgan fingerprint density at radius 2 is 2.00 bits per heavy atom. The maximum Gasteiger partial charge on any atom is 0.419 e. The summed E-state index contributed by atoms with van der Waals surface area (Å²) in [5, 5.41) is -0.557. The molecule has 0 aliphatic rings. The smallest absolute Gasteiger partial charge is 0.304 e. The van der Waals surface area contributed by atoms with Gasteiger partial charge in [-0.3, -0.25) is 0 Å². The van der Waals surface area contributed by atoms with Gasteiger partial charge in [-0.05, 0) is 13.0 Å². The fourth-order valence-corrected chi connectivity index (χ4v) is 1.55. The van der Waals surface area contributed by atoms with Gasteiger partial charge in [-0.1, -0.05) is 11.6 Å². The van der Waals surface area contributed by atoms with Gasteiger partial charge in [-0.25, -0.2) is 9.97 Å². The summed E-state index contributed by atoms with van der Waals surface area (Å²) in [6.45, 7) is 1.74. The van der Waals surface area contributed by atoms with Crippen molar-refractivity contribution in [1.29, 1.82) is 0 Å². The molecule has 0 radical (unpaired) electrons. The first-order valence-electron chi connectivity index (χ1n) is 4.61. The molecule has 0 aromatic carbocycles. The summed E-state index contributed by atoms with van der Waals surface area (Å²) in [5.74, 6) is 0. The highest BCUT2D eigenvalue weighted by atomic mass is 35.5. The molecule has 2 rings (SSSR count). The van der Waals surface area contributed by atoms with Crippen LogP contribution in [-0.2, 0) is 6.18 Å². The minimum absolute atomic E-state index is 0.266. The molecule has 0 fully saturated rings. The molecule has 2 aromatic heterocycles. The molecule has 0 bridgehead atoms. The zero-order valence-corrected chi connectivity index (χ0v) is 9.42. The Labute approximate surface area is 99.9 Å². The molecule has 0 atom stereocenters. The zero-order chi connectivity index (χ0) is 12.6. The van der Waals surface area contributed by atoms with Crippen molar-refractivity contribution in [2.75, 3.05) is 0 Å². The van der Waals surface area contributed by atoms with Gasteiger partial charge in [0.05, 0.1) is 29.5 Å². The first kappa shape index (κ1) is 11.9. The molecule has 0 aliphatic carbocycles. The van der Waals surface area contributed by atoms with Gasteiger partial charge in [0.2, 0.25) is 0 Å². The molecule has 7 heteroatoms. The van der Waals surface area contributed by atoms with Crippen molar-refractivity contribution in [1.82, 2.24) is 14.5 Å². The molecular formula is C10H7ClF3N3. The maximum atomic E-state index is 12.6. The third kappa shape index (κ3) is 2.41. The molecule has 0 saturated carbocycles. The highest BCUT2D eigenvalue weighted by molar-refractivity contribution is 6.30. The van der Waals surface area contributed by atoms with Crippen LogP contribution in [0.4, 0.5) is 13.2 Å². The summed E-state index contributed by atoms with van der Waals surface area (Å²) in [5.41, 5.74) is 0.0128. The Morgan fingerprint density at radius 1 is 1.29 bits per heavy atom. The summed E-state index contributed by atoms with van der Waals surface area (Å²) in [7, 11) is 0. The SMILES string of the molecule is Cc1cn(-c2cnc(Cl)c(C(F)(F)F)c2)cn1. The number of halogens is 4. The molecule has 0 spiro atoms.